The third kappa shape index (κ3) is 10.5. The van der Waals surface area contributed by atoms with E-state index in [4.69, 9.17) is 68.0 Å². The maximum absolute atomic E-state index is 14.3. The Bertz CT molecular complexity index is 2940. The van der Waals surface area contributed by atoms with Crippen molar-refractivity contribution in [1.29, 1.82) is 0 Å². The van der Waals surface area contributed by atoms with E-state index in [-0.39, 0.29) is 34.8 Å². The number of phosphoric acid groups is 2. The van der Waals surface area contributed by atoms with Crippen molar-refractivity contribution in [2.75, 3.05) is 31.8 Å². The molecule has 4 aromatic heterocycles. The number of nitrogens with two attached hydrogens (primary N) is 2. The van der Waals surface area contributed by atoms with E-state index >= 15 is 0 Å². The molecule has 2 aliphatic heterocycles. The van der Waals surface area contributed by atoms with Crippen LogP contribution in [0.2, 0.25) is 0 Å². The van der Waals surface area contributed by atoms with Gasteiger partial charge in [0, 0.05) is 20.0 Å². The zero-order valence-electron chi connectivity index (χ0n) is 42.5. The molecule has 0 amide bonds. The predicted octanol–water partition coefficient (Wildman–Crippen LogP) is 9.79. The molecule has 4 unspecified atom stereocenters. The summed E-state index contributed by atoms with van der Waals surface area (Å²) in [6.45, 7) is 11.3. The van der Waals surface area contributed by atoms with E-state index in [9.17, 15) is 19.1 Å². The average molecular weight is 1090 g/mol. The number of fused-ring (bicyclic) bond motifs is 7. The molecule has 402 valence electrons. The Labute approximate surface area is 435 Å². The van der Waals surface area contributed by atoms with Crippen LogP contribution in [0.1, 0.15) is 131 Å². The number of anilines is 2. The predicted molar refractivity (Wildman–Crippen MR) is 276 cm³/mol. The van der Waals surface area contributed by atoms with Crippen molar-refractivity contribution in [2.24, 2.45) is 46.3 Å². The van der Waals surface area contributed by atoms with E-state index in [1.807, 2.05) is 0 Å². The minimum absolute atomic E-state index is 0.00594. The molecule has 21 nitrogen and oxygen atoms in total. The third-order valence-electron chi connectivity index (χ3n) is 17.7. The van der Waals surface area contributed by atoms with Gasteiger partial charge in [0.2, 0.25) is 11.9 Å². The number of rotatable bonds is 18. The van der Waals surface area contributed by atoms with Crippen molar-refractivity contribution < 1.29 is 51.2 Å². The number of imidazole rings is 2. The molecular formula is C48H72N10O11P2S2. The number of phosphoric ester groups is 2. The number of hydrogen-bond acceptors (Lipinski definition) is 18. The number of aromatic amines is 2. The van der Waals surface area contributed by atoms with Crippen LogP contribution in [0.5, 0.6) is 0 Å². The fraction of sp³-hybridized carbons (Fsp3) is 0.750. The summed E-state index contributed by atoms with van der Waals surface area (Å²) in [5.41, 5.74) is 15.1. The molecule has 3 saturated carbocycles. The monoisotopic (exact) mass is 1090 g/mol. The van der Waals surface area contributed by atoms with Crippen molar-refractivity contribution >= 4 is 74.3 Å². The Hall–Kier alpha value is -3.02. The number of aliphatic hydroxyl groups excluding tert-OH is 1. The van der Waals surface area contributed by atoms with Gasteiger partial charge in [-0.15, -0.1) is 0 Å². The van der Waals surface area contributed by atoms with E-state index in [2.05, 4.69) is 70.6 Å². The Kier molecular flexibility index (Phi) is 15.2. The van der Waals surface area contributed by atoms with Gasteiger partial charge in [0.1, 0.15) is 51.1 Å². The van der Waals surface area contributed by atoms with Crippen molar-refractivity contribution in [3.05, 3.63) is 33.6 Å². The maximum Gasteiger partial charge on any atom is 0.474 e. The highest BCUT2D eigenvalue weighted by Gasteiger charge is 2.59. The molecule has 5 fully saturated rings. The van der Waals surface area contributed by atoms with Crippen LogP contribution < -0.4 is 11.5 Å². The number of hydrogen-bond donors (Lipinski definition) is 6. The number of H-pyrrole nitrogens is 2. The van der Waals surface area contributed by atoms with Crippen LogP contribution in [0.4, 0.5) is 11.9 Å². The molecule has 16 atom stereocenters. The van der Waals surface area contributed by atoms with Crippen molar-refractivity contribution in [3.8, 4) is 0 Å². The molecule has 0 spiro atoms. The lowest BCUT2D eigenvalue weighted by Crippen LogP contribution is -2.51. The summed E-state index contributed by atoms with van der Waals surface area (Å²) in [4.78, 5) is 34.3. The van der Waals surface area contributed by atoms with Gasteiger partial charge in [0.15, 0.2) is 11.3 Å². The number of aliphatic hydroxyl groups is 1. The maximum atomic E-state index is 14.3. The van der Waals surface area contributed by atoms with Crippen LogP contribution in [0, 0.1) is 55.6 Å². The lowest BCUT2D eigenvalue weighted by Gasteiger charge is -2.58. The lowest BCUT2D eigenvalue weighted by atomic mass is 9.47. The number of aromatic nitrogens is 8. The fourth-order valence-electron chi connectivity index (χ4n) is 14.1. The van der Waals surface area contributed by atoms with E-state index in [1.165, 1.54) is 63.2 Å². The molecule has 0 aromatic carbocycles. The van der Waals surface area contributed by atoms with Crippen LogP contribution in [-0.4, -0.2) is 99.9 Å². The zero-order chi connectivity index (χ0) is 51.8. The van der Waals surface area contributed by atoms with Gasteiger partial charge in [-0.1, -0.05) is 90.0 Å². The van der Waals surface area contributed by atoms with E-state index in [0.717, 1.165) is 43.6 Å². The SMILES string of the molecule is COP(=O)(OC[C@H]1O[C@@H](n2cnc3c(=S)[nH]c(N)nc32)CC1O)OC1C[C@H](n2cnc3c(=S)[nH]c(N)nc32)O[C@@H]1COP(=O)(O)O[C@H]1CC[C@@]2(C)C(=CC[C@H]3[C@@H]4CC[C@H]([C@H](C)CCCC(C)C)[C@@]4(C)CC[C@@H]32)C1. The first-order chi connectivity index (χ1) is 34.7. The summed E-state index contributed by atoms with van der Waals surface area (Å²) in [6, 6.07) is 0. The summed E-state index contributed by atoms with van der Waals surface area (Å²) in [5, 5.41) is 11.1. The number of ether oxygens (including phenoxy) is 2. The molecule has 0 radical (unpaired) electrons. The van der Waals surface area contributed by atoms with Crippen LogP contribution >= 0.6 is 40.1 Å². The minimum atomic E-state index is -4.69. The summed E-state index contributed by atoms with van der Waals surface area (Å²) in [5.74, 6) is 4.39. The van der Waals surface area contributed by atoms with Crippen LogP contribution in [0.3, 0.4) is 0 Å². The van der Waals surface area contributed by atoms with Gasteiger partial charge in [-0.05, 0) is 97.7 Å². The smallest absolute Gasteiger partial charge is 0.390 e. The summed E-state index contributed by atoms with van der Waals surface area (Å²) in [6.07, 6.45) is 11.3. The quantitative estimate of drug-likeness (QED) is 0.0307. The number of nitrogens with one attached hydrogen (secondary N) is 2. The first-order valence-electron chi connectivity index (χ1n) is 25.9. The Morgan fingerprint density at radius 3 is 2.16 bits per heavy atom. The first kappa shape index (κ1) is 53.4. The summed E-state index contributed by atoms with van der Waals surface area (Å²) < 4.78 is 73.6. The van der Waals surface area contributed by atoms with E-state index in [0.29, 0.717) is 57.1 Å². The highest BCUT2D eigenvalue weighted by Crippen LogP contribution is 2.68. The highest BCUT2D eigenvalue weighted by molar-refractivity contribution is 7.71. The summed E-state index contributed by atoms with van der Waals surface area (Å²) >= 11 is 10.8. The second-order valence-electron chi connectivity index (χ2n) is 22.4. The largest absolute Gasteiger partial charge is 0.474 e. The number of allylic oxidation sites excluding steroid dienone is 1. The minimum Gasteiger partial charge on any atom is -0.390 e. The van der Waals surface area contributed by atoms with E-state index < -0.39 is 71.8 Å². The second kappa shape index (κ2) is 20.7. The molecule has 8 N–H and O–H groups in total. The fourth-order valence-corrected chi connectivity index (χ4v) is 16.6. The van der Waals surface area contributed by atoms with Crippen LogP contribution in [-0.2, 0) is 41.2 Å². The summed E-state index contributed by atoms with van der Waals surface area (Å²) in [7, 11) is -8.00. The number of nitrogens with zero attached hydrogens (tertiary/aromatic N) is 6. The molecule has 10 rings (SSSR count). The zero-order valence-corrected chi connectivity index (χ0v) is 45.9. The Morgan fingerprint density at radius 2 is 1.51 bits per heavy atom. The molecule has 2 saturated heterocycles. The van der Waals surface area contributed by atoms with E-state index in [1.54, 1.807) is 9.13 Å². The van der Waals surface area contributed by atoms with Crippen molar-refractivity contribution in [1.82, 2.24) is 39.0 Å². The second-order valence-corrected chi connectivity index (χ2v) is 26.4. The van der Waals surface area contributed by atoms with Gasteiger partial charge < -0.3 is 40.9 Å². The normalized spacial score (nSPS) is 35.4. The van der Waals surface area contributed by atoms with Crippen molar-refractivity contribution in [2.45, 2.75) is 161 Å². The molecule has 25 heteroatoms. The van der Waals surface area contributed by atoms with Gasteiger partial charge in [0.05, 0.1) is 38.1 Å². The van der Waals surface area contributed by atoms with Gasteiger partial charge in [-0.2, -0.15) is 9.97 Å². The molecule has 6 heterocycles. The molecule has 4 aliphatic carbocycles. The average Bonchev–Trinajstić information content (AvgIpc) is 4.17. The molecule has 4 aromatic rings. The third-order valence-corrected chi connectivity index (χ3v) is 20.8. The molecule has 6 aliphatic rings. The topological polar surface area (TPSA) is 284 Å². The standard InChI is InChI=1S/C48H72N10O11P2S2/c1-25(2)8-7-9-26(3)30-12-13-31-29-11-10-27-18-28(14-16-47(27,4)32(29)15-17-48(30,31)5)68-70(60,61)64-22-36-34(20-38(67-36)58-24-52-40-42(58)54-46(50)56-44(40)73)69-71(62,63-6)65-21-35-33(59)19-37(66-35)57-23-51-39-41(57)53-45(49)55-43(39)72/h10,23-26,28-38,59H,7-9,11-22H2,1-6H3,(H,60,61)(H3,49,53,55,72)(H3,50,54,56,73)/t26-,28+,29+,30-,31+,32+,33?,34?,35-,36-,37-,38-,47+,48-,71?/m1/s1. The molecule has 73 heavy (non-hydrogen) atoms. The Balaban J connectivity index is 0.797. The lowest BCUT2D eigenvalue weighted by molar-refractivity contribution is -0.0623. The number of nitrogen functional groups attached to an aromatic ring is 2. The van der Waals surface area contributed by atoms with Crippen LogP contribution in [0.25, 0.3) is 22.3 Å². The Morgan fingerprint density at radius 1 is 0.863 bits per heavy atom. The van der Waals surface area contributed by atoms with Gasteiger partial charge in [0.25, 0.3) is 0 Å². The van der Waals surface area contributed by atoms with Crippen molar-refractivity contribution in [3.63, 3.8) is 0 Å². The van der Waals surface area contributed by atoms with Gasteiger partial charge in [-0.25, -0.2) is 19.1 Å². The molecular weight excluding hydrogens is 1020 g/mol. The van der Waals surface area contributed by atoms with Gasteiger partial charge >= 0.3 is 15.6 Å². The van der Waals surface area contributed by atoms with Gasteiger partial charge in [-0.3, -0.25) is 31.8 Å². The molecule has 0 bridgehead atoms. The highest BCUT2D eigenvalue weighted by atomic mass is 32.1. The van der Waals surface area contributed by atoms with Crippen LogP contribution in [0.15, 0.2) is 24.3 Å². The first-order valence-corrected chi connectivity index (χ1v) is 29.7.